The van der Waals surface area contributed by atoms with Crippen molar-refractivity contribution in [1.29, 1.82) is 0 Å². The second-order valence-corrected chi connectivity index (χ2v) is 3.72. The number of phenols is 1. The number of aryl methyl sites for hydroxylation is 2. The summed E-state index contributed by atoms with van der Waals surface area (Å²) in [5.41, 5.74) is 3.48. The quantitative estimate of drug-likeness (QED) is 0.723. The lowest BCUT2D eigenvalue weighted by Gasteiger charge is -2.13. The van der Waals surface area contributed by atoms with Crippen molar-refractivity contribution >= 4 is 17.3 Å². The van der Waals surface area contributed by atoms with Crippen LogP contribution < -0.4 is 0 Å². The summed E-state index contributed by atoms with van der Waals surface area (Å²) in [4.78, 5) is 0. The van der Waals surface area contributed by atoms with Crippen LogP contribution in [0.1, 0.15) is 22.3 Å². The predicted molar refractivity (Wildman–Crippen MR) is 61.0 cm³/mol. The zero-order valence-corrected chi connectivity index (χ0v) is 9.66. The van der Waals surface area contributed by atoms with Gasteiger partial charge in [-0.25, -0.2) is 0 Å². The van der Waals surface area contributed by atoms with E-state index in [1.165, 1.54) is 7.11 Å². The first-order chi connectivity index (χ1) is 6.49. The standard InChI is InChI=1S/C11H14O2S/c1-6-5-7(2)9(11(14)13-4)10(12)8(6)3/h5,12H,1-4H3. The Bertz CT molecular complexity index is 383. The second kappa shape index (κ2) is 3.96. The summed E-state index contributed by atoms with van der Waals surface area (Å²) in [5.74, 6) is 0.231. The normalized spacial score (nSPS) is 10.0. The highest BCUT2D eigenvalue weighted by Gasteiger charge is 2.14. The SMILES string of the molecule is COC(=S)c1c(C)cc(C)c(C)c1O. The van der Waals surface area contributed by atoms with Crippen LogP contribution in [0.4, 0.5) is 0 Å². The third-order valence-electron chi connectivity index (χ3n) is 2.40. The van der Waals surface area contributed by atoms with Gasteiger partial charge in [-0.05, 0) is 49.7 Å². The summed E-state index contributed by atoms with van der Waals surface area (Å²) >= 11 is 5.02. The molecule has 0 aromatic heterocycles. The van der Waals surface area contributed by atoms with E-state index in [0.29, 0.717) is 10.6 Å². The Morgan fingerprint density at radius 1 is 1.29 bits per heavy atom. The Balaban J connectivity index is 3.44. The number of hydrogen-bond acceptors (Lipinski definition) is 3. The van der Waals surface area contributed by atoms with Gasteiger partial charge in [0.05, 0.1) is 12.7 Å². The summed E-state index contributed by atoms with van der Waals surface area (Å²) in [6, 6.07) is 2.00. The van der Waals surface area contributed by atoms with E-state index in [1.807, 2.05) is 26.8 Å². The van der Waals surface area contributed by atoms with Crippen molar-refractivity contribution in [2.75, 3.05) is 7.11 Å². The van der Waals surface area contributed by atoms with Gasteiger partial charge in [-0.1, -0.05) is 6.07 Å². The molecule has 0 aliphatic heterocycles. The van der Waals surface area contributed by atoms with Crippen LogP contribution >= 0.6 is 12.2 Å². The minimum Gasteiger partial charge on any atom is -0.507 e. The van der Waals surface area contributed by atoms with E-state index in [0.717, 1.165) is 16.7 Å². The molecule has 1 aromatic carbocycles. The molecule has 1 rings (SSSR count). The maximum absolute atomic E-state index is 9.89. The molecule has 0 atom stereocenters. The Kier molecular flexibility index (Phi) is 3.11. The van der Waals surface area contributed by atoms with Gasteiger partial charge in [0.1, 0.15) is 5.75 Å². The molecule has 0 saturated heterocycles. The molecule has 1 aromatic rings. The Labute approximate surface area is 89.5 Å². The van der Waals surface area contributed by atoms with Crippen LogP contribution in [0.3, 0.4) is 0 Å². The van der Waals surface area contributed by atoms with E-state index < -0.39 is 0 Å². The average Bonchev–Trinajstić information content (AvgIpc) is 2.14. The van der Waals surface area contributed by atoms with Crippen LogP contribution in [0.2, 0.25) is 0 Å². The number of phenolic OH excluding ortho intramolecular Hbond substituents is 1. The third kappa shape index (κ3) is 1.73. The number of benzene rings is 1. The smallest absolute Gasteiger partial charge is 0.194 e. The van der Waals surface area contributed by atoms with E-state index in [2.05, 4.69) is 0 Å². The van der Waals surface area contributed by atoms with Crippen LogP contribution in [-0.2, 0) is 4.74 Å². The monoisotopic (exact) mass is 210 g/mol. The lowest BCUT2D eigenvalue weighted by molar-refractivity contribution is 0.409. The molecular weight excluding hydrogens is 196 g/mol. The minimum atomic E-state index is 0.231. The maximum atomic E-state index is 9.89. The molecule has 0 aliphatic carbocycles. The Hall–Kier alpha value is -1.09. The number of hydrogen-bond donors (Lipinski definition) is 1. The Morgan fingerprint density at radius 3 is 2.36 bits per heavy atom. The van der Waals surface area contributed by atoms with E-state index in [4.69, 9.17) is 17.0 Å². The highest BCUT2D eigenvalue weighted by molar-refractivity contribution is 7.80. The molecule has 0 radical (unpaired) electrons. The molecule has 0 fully saturated rings. The molecule has 0 saturated carbocycles. The van der Waals surface area contributed by atoms with Gasteiger partial charge in [0.2, 0.25) is 0 Å². The fourth-order valence-corrected chi connectivity index (χ4v) is 1.68. The van der Waals surface area contributed by atoms with E-state index in [9.17, 15) is 5.11 Å². The van der Waals surface area contributed by atoms with Crippen LogP contribution in [0.25, 0.3) is 0 Å². The summed E-state index contributed by atoms with van der Waals surface area (Å²) in [6.07, 6.45) is 0. The Morgan fingerprint density at radius 2 is 1.86 bits per heavy atom. The van der Waals surface area contributed by atoms with Gasteiger partial charge in [-0.3, -0.25) is 0 Å². The summed E-state index contributed by atoms with van der Waals surface area (Å²) in [7, 11) is 1.51. The number of ether oxygens (including phenoxy) is 1. The molecule has 0 unspecified atom stereocenters. The van der Waals surface area contributed by atoms with Crippen molar-refractivity contribution < 1.29 is 9.84 Å². The van der Waals surface area contributed by atoms with Gasteiger partial charge >= 0.3 is 0 Å². The van der Waals surface area contributed by atoms with Crippen LogP contribution in [0, 0.1) is 20.8 Å². The van der Waals surface area contributed by atoms with Crippen LogP contribution in [0.5, 0.6) is 5.75 Å². The van der Waals surface area contributed by atoms with E-state index in [-0.39, 0.29) is 5.75 Å². The highest BCUT2D eigenvalue weighted by Crippen LogP contribution is 2.29. The number of methoxy groups -OCH3 is 1. The van der Waals surface area contributed by atoms with Crippen LogP contribution in [-0.4, -0.2) is 17.3 Å². The first kappa shape index (κ1) is 11.0. The average molecular weight is 210 g/mol. The van der Waals surface area contributed by atoms with Crippen molar-refractivity contribution in [3.63, 3.8) is 0 Å². The topological polar surface area (TPSA) is 29.5 Å². The molecular formula is C11H14O2S. The molecule has 0 bridgehead atoms. The molecule has 0 heterocycles. The lowest BCUT2D eigenvalue weighted by Crippen LogP contribution is -2.04. The molecule has 2 nitrogen and oxygen atoms in total. The number of aromatic hydroxyl groups is 1. The molecule has 76 valence electrons. The molecule has 1 N–H and O–H groups in total. The van der Waals surface area contributed by atoms with Crippen molar-refractivity contribution in [3.05, 3.63) is 28.3 Å². The summed E-state index contributed by atoms with van der Waals surface area (Å²) < 4.78 is 4.96. The zero-order chi connectivity index (χ0) is 10.9. The van der Waals surface area contributed by atoms with Gasteiger partial charge in [0.25, 0.3) is 0 Å². The fraction of sp³-hybridized carbons (Fsp3) is 0.364. The van der Waals surface area contributed by atoms with Crippen molar-refractivity contribution in [1.82, 2.24) is 0 Å². The molecule has 3 heteroatoms. The van der Waals surface area contributed by atoms with Crippen molar-refractivity contribution in [3.8, 4) is 5.75 Å². The van der Waals surface area contributed by atoms with E-state index in [1.54, 1.807) is 0 Å². The second-order valence-electron chi connectivity index (χ2n) is 3.35. The molecule has 0 amide bonds. The minimum absolute atomic E-state index is 0.231. The zero-order valence-electron chi connectivity index (χ0n) is 8.84. The highest BCUT2D eigenvalue weighted by atomic mass is 32.1. The molecule has 0 spiro atoms. The molecule has 14 heavy (non-hydrogen) atoms. The first-order valence-electron chi connectivity index (χ1n) is 4.37. The number of thiocarbonyl (C=S) groups is 1. The van der Waals surface area contributed by atoms with Gasteiger partial charge in [0.15, 0.2) is 5.05 Å². The van der Waals surface area contributed by atoms with Crippen LogP contribution in [0.15, 0.2) is 6.07 Å². The van der Waals surface area contributed by atoms with Gasteiger partial charge in [-0.15, -0.1) is 0 Å². The summed E-state index contributed by atoms with van der Waals surface area (Å²) in [5, 5.41) is 10.2. The number of rotatable bonds is 1. The lowest BCUT2D eigenvalue weighted by atomic mass is 9.99. The molecule has 0 aliphatic rings. The predicted octanol–water partition coefficient (Wildman–Crippen LogP) is 2.64. The van der Waals surface area contributed by atoms with Gasteiger partial charge in [0, 0.05) is 0 Å². The van der Waals surface area contributed by atoms with Crippen molar-refractivity contribution in [2.24, 2.45) is 0 Å². The van der Waals surface area contributed by atoms with Crippen molar-refractivity contribution in [2.45, 2.75) is 20.8 Å². The first-order valence-corrected chi connectivity index (χ1v) is 4.78. The van der Waals surface area contributed by atoms with E-state index >= 15 is 0 Å². The third-order valence-corrected chi connectivity index (χ3v) is 2.77. The van der Waals surface area contributed by atoms with Gasteiger partial charge < -0.3 is 9.84 Å². The maximum Gasteiger partial charge on any atom is 0.194 e. The fourth-order valence-electron chi connectivity index (χ4n) is 1.43. The summed E-state index contributed by atoms with van der Waals surface area (Å²) in [6.45, 7) is 5.74. The largest absolute Gasteiger partial charge is 0.507 e. The van der Waals surface area contributed by atoms with Gasteiger partial charge in [-0.2, -0.15) is 0 Å².